The summed E-state index contributed by atoms with van der Waals surface area (Å²) < 4.78 is 0.763. The molecule has 0 aliphatic rings. The predicted octanol–water partition coefficient (Wildman–Crippen LogP) is 1.75. The van der Waals surface area contributed by atoms with Gasteiger partial charge in [0.25, 0.3) is 0 Å². The number of aliphatic hydroxyl groups excluding tert-OH is 1. The zero-order valence-corrected chi connectivity index (χ0v) is 12.1. The molecular weight excluding hydrogens is 298 g/mol. The number of anilines is 1. The summed E-state index contributed by atoms with van der Waals surface area (Å²) in [5, 5.41) is 20.9. The molecule has 0 radical (unpaired) electrons. The zero-order chi connectivity index (χ0) is 13.7. The molecule has 18 heavy (non-hydrogen) atoms. The standard InChI is InChI=1S/C12H18BrN3O2/c1-8(17)5-6-16(2)9-3-4-10(11(13)7-9)12(14)15-18/h3-4,7-8,17-18H,5-6H2,1-2H3,(H2,14,15). The molecule has 1 unspecified atom stereocenters. The smallest absolute Gasteiger partial charge is 0.171 e. The van der Waals surface area contributed by atoms with Gasteiger partial charge in [-0.3, -0.25) is 0 Å². The van der Waals surface area contributed by atoms with Crippen molar-refractivity contribution in [3.63, 3.8) is 0 Å². The maximum Gasteiger partial charge on any atom is 0.171 e. The Hall–Kier alpha value is -1.27. The molecule has 0 heterocycles. The molecule has 1 atom stereocenters. The fourth-order valence-electron chi connectivity index (χ4n) is 1.51. The van der Waals surface area contributed by atoms with Crippen LogP contribution >= 0.6 is 15.9 Å². The highest BCUT2D eigenvalue weighted by molar-refractivity contribution is 9.10. The van der Waals surface area contributed by atoms with Crippen LogP contribution in [-0.2, 0) is 0 Å². The molecule has 0 amide bonds. The summed E-state index contributed by atoms with van der Waals surface area (Å²) in [5.41, 5.74) is 7.18. The Labute approximate surface area is 115 Å². The van der Waals surface area contributed by atoms with E-state index in [0.29, 0.717) is 12.0 Å². The normalized spacial score (nSPS) is 13.4. The minimum Gasteiger partial charge on any atom is -0.409 e. The summed E-state index contributed by atoms with van der Waals surface area (Å²) in [7, 11) is 1.95. The zero-order valence-electron chi connectivity index (χ0n) is 10.5. The Morgan fingerprint density at radius 3 is 2.72 bits per heavy atom. The van der Waals surface area contributed by atoms with Crippen LogP contribution < -0.4 is 10.6 Å². The maximum absolute atomic E-state index is 9.26. The van der Waals surface area contributed by atoms with Crippen molar-refractivity contribution < 1.29 is 10.3 Å². The Balaban J connectivity index is 2.84. The number of oxime groups is 1. The number of amidine groups is 1. The molecule has 0 saturated heterocycles. The summed E-state index contributed by atoms with van der Waals surface area (Å²) in [6.45, 7) is 2.53. The van der Waals surface area contributed by atoms with Gasteiger partial charge in [-0.25, -0.2) is 0 Å². The predicted molar refractivity (Wildman–Crippen MR) is 76.2 cm³/mol. The Kier molecular flexibility index (Phi) is 5.43. The summed E-state index contributed by atoms with van der Waals surface area (Å²) in [6, 6.07) is 5.57. The van der Waals surface area contributed by atoms with Crippen LogP contribution in [0, 0.1) is 0 Å². The minimum absolute atomic E-state index is 0.0695. The van der Waals surface area contributed by atoms with E-state index < -0.39 is 0 Å². The Bertz CT molecular complexity index is 435. The van der Waals surface area contributed by atoms with Gasteiger partial charge in [0.05, 0.1) is 6.10 Å². The van der Waals surface area contributed by atoms with Gasteiger partial charge in [0, 0.05) is 29.3 Å². The molecule has 1 aromatic rings. The molecule has 0 spiro atoms. The number of nitrogens with two attached hydrogens (primary N) is 1. The third-order valence-corrected chi connectivity index (χ3v) is 3.32. The molecular formula is C12H18BrN3O2. The van der Waals surface area contributed by atoms with Crippen LogP contribution in [-0.4, -0.2) is 35.8 Å². The molecule has 0 saturated carbocycles. The lowest BCUT2D eigenvalue weighted by Gasteiger charge is -2.21. The molecule has 6 heteroatoms. The van der Waals surface area contributed by atoms with E-state index in [4.69, 9.17) is 10.9 Å². The largest absolute Gasteiger partial charge is 0.409 e. The summed E-state index contributed by atoms with van der Waals surface area (Å²) in [4.78, 5) is 2.04. The van der Waals surface area contributed by atoms with Crippen LogP contribution in [0.2, 0.25) is 0 Å². The van der Waals surface area contributed by atoms with Crippen molar-refractivity contribution in [1.29, 1.82) is 0 Å². The molecule has 5 nitrogen and oxygen atoms in total. The average molecular weight is 316 g/mol. The van der Waals surface area contributed by atoms with Gasteiger partial charge in [-0.05, 0) is 47.5 Å². The van der Waals surface area contributed by atoms with Crippen molar-refractivity contribution >= 4 is 27.5 Å². The fourth-order valence-corrected chi connectivity index (χ4v) is 2.08. The van der Waals surface area contributed by atoms with Gasteiger partial charge in [0.1, 0.15) is 0 Å². The number of rotatable bonds is 5. The van der Waals surface area contributed by atoms with Crippen molar-refractivity contribution in [1.82, 2.24) is 0 Å². The molecule has 0 aliphatic carbocycles. The van der Waals surface area contributed by atoms with E-state index in [2.05, 4.69) is 21.1 Å². The van der Waals surface area contributed by atoms with E-state index in [1.807, 2.05) is 24.1 Å². The molecule has 0 aromatic heterocycles. The summed E-state index contributed by atoms with van der Waals surface area (Å²) in [6.07, 6.45) is 0.392. The number of hydrogen-bond acceptors (Lipinski definition) is 4. The monoisotopic (exact) mass is 315 g/mol. The van der Waals surface area contributed by atoms with E-state index in [9.17, 15) is 5.11 Å². The lowest BCUT2D eigenvalue weighted by atomic mass is 10.1. The van der Waals surface area contributed by atoms with Crippen molar-refractivity contribution in [2.75, 3.05) is 18.5 Å². The number of aliphatic hydroxyl groups is 1. The molecule has 0 aliphatic heterocycles. The van der Waals surface area contributed by atoms with Crippen molar-refractivity contribution in [3.05, 3.63) is 28.2 Å². The number of halogens is 1. The van der Waals surface area contributed by atoms with Crippen LogP contribution in [0.5, 0.6) is 0 Å². The van der Waals surface area contributed by atoms with E-state index in [0.717, 1.165) is 16.7 Å². The van der Waals surface area contributed by atoms with Gasteiger partial charge in [0.2, 0.25) is 0 Å². The highest BCUT2D eigenvalue weighted by atomic mass is 79.9. The topological polar surface area (TPSA) is 82.1 Å². The second-order valence-corrected chi connectivity index (χ2v) is 5.06. The Morgan fingerprint density at radius 2 is 2.22 bits per heavy atom. The minimum atomic E-state index is -0.313. The highest BCUT2D eigenvalue weighted by Crippen LogP contribution is 2.23. The van der Waals surface area contributed by atoms with Crippen LogP contribution in [0.3, 0.4) is 0 Å². The molecule has 0 fully saturated rings. The van der Waals surface area contributed by atoms with E-state index in [1.54, 1.807) is 13.0 Å². The summed E-state index contributed by atoms with van der Waals surface area (Å²) in [5.74, 6) is 0.0695. The highest BCUT2D eigenvalue weighted by Gasteiger charge is 2.08. The summed E-state index contributed by atoms with van der Waals surface area (Å²) >= 11 is 3.39. The average Bonchev–Trinajstić information content (AvgIpc) is 2.34. The van der Waals surface area contributed by atoms with Crippen LogP contribution in [0.4, 0.5) is 5.69 Å². The third-order valence-electron chi connectivity index (χ3n) is 2.66. The first kappa shape index (κ1) is 14.8. The van der Waals surface area contributed by atoms with E-state index in [1.165, 1.54) is 0 Å². The molecule has 1 aromatic carbocycles. The molecule has 0 bridgehead atoms. The van der Waals surface area contributed by atoms with Crippen molar-refractivity contribution in [2.24, 2.45) is 10.9 Å². The lowest BCUT2D eigenvalue weighted by Crippen LogP contribution is -2.22. The second-order valence-electron chi connectivity index (χ2n) is 4.21. The SMILES string of the molecule is CC(O)CCN(C)c1ccc(/C(N)=N/O)c(Br)c1. The van der Waals surface area contributed by atoms with Gasteiger partial charge in [-0.1, -0.05) is 5.16 Å². The van der Waals surface area contributed by atoms with Crippen LogP contribution in [0.15, 0.2) is 27.8 Å². The first-order chi connectivity index (χ1) is 8.45. The van der Waals surface area contributed by atoms with E-state index >= 15 is 0 Å². The molecule has 100 valence electrons. The van der Waals surface area contributed by atoms with Crippen LogP contribution in [0.1, 0.15) is 18.9 Å². The van der Waals surface area contributed by atoms with Crippen LogP contribution in [0.25, 0.3) is 0 Å². The maximum atomic E-state index is 9.26. The van der Waals surface area contributed by atoms with Gasteiger partial charge >= 0.3 is 0 Å². The molecule has 1 rings (SSSR count). The van der Waals surface area contributed by atoms with Gasteiger partial charge in [0.15, 0.2) is 5.84 Å². The van der Waals surface area contributed by atoms with Gasteiger partial charge in [-0.2, -0.15) is 0 Å². The molecule has 4 N–H and O–H groups in total. The number of hydrogen-bond donors (Lipinski definition) is 3. The van der Waals surface area contributed by atoms with Crippen molar-refractivity contribution in [3.8, 4) is 0 Å². The number of nitrogens with zero attached hydrogens (tertiary/aromatic N) is 2. The van der Waals surface area contributed by atoms with Crippen molar-refractivity contribution in [2.45, 2.75) is 19.4 Å². The number of benzene rings is 1. The lowest BCUT2D eigenvalue weighted by molar-refractivity contribution is 0.187. The van der Waals surface area contributed by atoms with E-state index in [-0.39, 0.29) is 11.9 Å². The van der Waals surface area contributed by atoms with Gasteiger partial charge in [-0.15, -0.1) is 0 Å². The van der Waals surface area contributed by atoms with Gasteiger partial charge < -0.3 is 20.9 Å². The quantitative estimate of drug-likeness (QED) is 0.334. The first-order valence-corrected chi connectivity index (χ1v) is 6.41. The third kappa shape index (κ3) is 3.89. The first-order valence-electron chi connectivity index (χ1n) is 5.62. The fraction of sp³-hybridized carbons (Fsp3) is 0.417. The Morgan fingerprint density at radius 1 is 1.56 bits per heavy atom. The second kappa shape index (κ2) is 6.61.